The largest absolute Gasteiger partial charge is 0.330 e. The van der Waals surface area contributed by atoms with E-state index in [1.165, 1.54) is 5.56 Å². The lowest BCUT2D eigenvalue weighted by Gasteiger charge is -2.04. The van der Waals surface area contributed by atoms with Crippen molar-refractivity contribution in [3.8, 4) is 22.6 Å². The molecule has 4 aromatic rings. The fourth-order valence-corrected chi connectivity index (χ4v) is 2.78. The monoisotopic (exact) mass is 326 g/mol. The molecule has 0 aliphatic heterocycles. The molecule has 2 aromatic carbocycles. The average molecular weight is 326 g/mol. The summed E-state index contributed by atoms with van der Waals surface area (Å²) < 4.78 is 2.15. The van der Waals surface area contributed by atoms with Gasteiger partial charge >= 0.3 is 0 Å². The fraction of sp³-hybridized carbons (Fsp3) is 0.0952. The first-order valence-electron chi connectivity index (χ1n) is 8.25. The van der Waals surface area contributed by atoms with Crippen molar-refractivity contribution in [3.63, 3.8) is 0 Å². The topological polar surface area (TPSA) is 43.6 Å². The fourth-order valence-electron chi connectivity index (χ4n) is 2.78. The van der Waals surface area contributed by atoms with E-state index in [9.17, 15) is 0 Å². The Bertz CT molecular complexity index is 958. The summed E-state index contributed by atoms with van der Waals surface area (Å²) >= 11 is 0. The second-order valence-electron chi connectivity index (χ2n) is 5.95. The SMILES string of the molecule is Cc1nc(-c2cnc(-c3ccccc3)nc2)cn1Cc1ccccc1. The van der Waals surface area contributed by atoms with Gasteiger partial charge in [0.05, 0.1) is 5.69 Å². The normalized spacial score (nSPS) is 10.8. The Morgan fingerprint density at radius 1 is 0.800 bits per heavy atom. The lowest BCUT2D eigenvalue weighted by molar-refractivity contribution is 0.762. The predicted molar refractivity (Wildman–Crippen MR) is 99.0 cm³/mol. The highest BCUT2D eigenvalue weighted by atomic mass is 15.1. The number of aromatic nitrogens is 4. The molecule has 0 unspecified atom stereocenters. The van der Waals surface area contributed by atoms with Gasteiger partial charge in [-0.3, -0.25) is 0 Å². The van der Waals surface area contributed by atoms with Crippen LogP contribution < -0.4 is 0 Å². The third-order valence-electron chi connectivity index (χ3n) is 4.15. The Balaban J connectivity index is 1.59. The number of imidazole rings is 1. The zero-order valence-electron chi connectivity index (χ0n) is 14.0. The summed E-state index contributed by atoms with van der Waals surface area (Å²) in [7, 11) is 0. The van der Waals surface area contributed by atoms with Crippen LogP contribution in [0.2, 0.25) is 0 Å². The molecule has 0 radical (unpaired) electrons. The zero-order chi connectivity index (χ0) is 17.1. The van der Waals surface area contributed by atoms with Gasteiger partial charge in [0.25, 0.3) is 0 Å². The number of aryl methyl sites for hydroxylation is 1. The van der Waals surface area contributed by atoms with Crippen molar-refractivity contribution in [2.45, 2.75) is 13.5 Å². The molecule has 25 heavy (non-hydrogen) atoms. The van der Waals surface area contributed by atoms with E-state index in [-0.39, 0.29) is 0 Å². The number of nitrogens with zero attached hydrogens (tertiary/aromatic N) is 4. The van der Waals surface area contributed by atoms with Crippen LogP contribution in [0.1, 0.15) is 11.4 Å². The van der Waals surface area contributed by atoms with Gasteiger partial charge in [-0.05, 0) is 12.5 Å². The first-order chi connectivity index (χ1) is 12.3. The van der Waals surface area contributed by atoms with Gasteiger partial charge in [0.2, 0.25) is 0 Å². The molecule has 0 aliphatic carbocycles. The van der Waals surface area contributed by atoms with Gasteiger partial charge in [-0.25, -0.2) is 15.0 Å². The molecule has 0 saturated carbocycles. The van der Waals surface area contributed by atoms with Gasteiger partial charge in [0.1, 0.15) is 5.82 Å². The molecule has 0 atom stereocenters. The van der Waals surface area contributed by atoms with Gasteiger partial charge in [-0.2, -0.15) is 0 Å². The van der Waals surface area contributed by atoms with Crippen molar-refractivity contribution < 1.29 is 0 Å². The highest BCUT2D eigenvalue weighted by molar-refractivity contribution is 5.60. The number of rotatable bonds is 4. The number of benzene rings is 2. The minimum atomic E-state index is 0.727. The van der Waals surface area contributed by atoms with Crippen LogP contribution in [0.15, 0.2) is 79.3 Å². The summed E-state index contributed by atoms with van der Waals surface area (Å²) in [5.41, 5.74) is 4.09. The molecule has 2 aromatic heterocycles. The molecule has 0 saturated heterocycles. The van der Waals surface area contributed by atoms with Crippen molar-refractivity contribution in [2.75, 3.05) is 0 Å². The quantitative estimate of drug-likeness (QED) is 0.559. The van der Waals surface area contributed by atoms with Crippen LogP contribution in [-0.4, -0.2) is 19.5 Å². The van der Waals surface area contributed by atoms with Gasteiger partial charge in [0, 0.05) is 36.3 Å². The molecule has 0 spiro atoms. The summed E-state index contributed by atoms with van der Waals surface area (Å²) in [6.07, 6.45) is 5.73. The van der Waals surface area contributed by atoms with E-state index in [0.29, 0.717) is 0 Å². The van der Waals surface area contributed by atoms with Crippen LogP contribution in [0.3, 0.4) is 0 Å². The summed E-state index contributed by atoms with van der Waals surface area (Å²) in [5.74, 6) is 1.70. The first-order valence-corrected chi connectivity index (χ1v) is 8.25. The maximum absolute atomic E-state index is 4.66. The lowest BCUT2D eigenvalue weighted by Crippen LogP contribution is -2.00. The minimum Gasteiger partial charge on any atom is -0.330 e. The molecule has 0 aliphatic rings. The van der Waals surface area contributed by atoms with Gasteiger partial charge in [-0.15, -0.1) is 0 Å². The molecule has 0 amide bonds. The Morgan fingerprint density at radius 2 is 1.44 bits per heavy atom. The van der Waals surface area contributed by atoms with Crippen LogP contribution in [0.4, 0.5) is 0 Å². The molecule has 0 bridgehead atoms. The minimum absolute atomic E-state index is 0.727. The summed E-state index contributed by atoms with van der Waals surface area (Å²) in [5, 5.41) is 0. The zero-order valence-corrected chi connectivity index (χ0v) is 14.0. The van der Waals surface area contributed by atoms with Gasteiger partial charge in [-0.1, -0.05) is 60.7 Å². The Labute approximate surface area is 146 Å². The molecule has 4 heteroatoms. The van der Waals surface area contributed by atoms with Gasteiger partial charge in [0.15, 0.2) is 5.82 Å². The maximum atomic E-state index is 4.66. The van der Waals surface area contributed by atoms with Crippen molar-refractivity contribution in [3.05, 3.63) is 90.6 Å². The van der Waals surface area contributed by atoms with Crippen LogP contribution >= 0.6 is 0 Å². The van der Waals surface area contributed by atoms with E-state index in [1.807, 2.05) is 55.7 Å². The van der Waals surface area contributed by atoms with E-state index in [0.717, 1.165) is 35.0 Å². The van der Waals surface area contributed by atoms with E-state index in [4.69, 9.17) is 0 Å². The molecule has 122 valence electrons. The molecule has 0 N–H and O–H groups in total. The smallest absolute Gasteiger partial charge is 0.159 e. The maximum Gasteiger partial charge on any atom is 0.159 e. The van der Waals surface area contributed by atoms with Crippen molar-refractivity contribution in [1.82, 2.24) is 19.5 Å². The highest BCUT2D eigenvalue weighted by Gasteiger charge is 2.09. The highest BCUT2D eigenvalue weighted by Crippen LogP contribution is 2.20. The van der Waals surface area contributed by atoms with Crippen LogP contribution in [-0.2, 0) is 6.54 Å². The Kier molecular flexibility index (Phi) is 4.09. The molecular weight excluding hydrogens is 308 g/mol. The van der Waals surface area contributed by atoms with E-state index in [2.05, 4.69) is 50.0 Å². The van der Waals surface area contributed by atoms with E-state index < -0.39 is 0 Å². The second-order valence-corrected chi connectivity index (χ2v) is 5.95. The van der Waals surface area contributed by atoms with E-state index >= 15 is 0 Å². The summed E-state index contributed by atoms with van der Waals surface area (Å²) in [6.45, 7) is 2.83. The standard InChI is InChI=1S/C21H18N4/c1-16-24-20(15-25(16)14-17-8-4-2-5-9-17)19-12-22-21(23-13-19)18-10-6-3-7-11-18/h2-13,15H,14H2,1H3. The predicted octanol–water partition coefficient (Wildman–Crippen LogP) is 4.36. The Hall–Kier alpha value is -3.27. The first kappa shape index (κ1) is 15.3. The molecule has 4 rings (SSSR count). The van der Waals surface area contributed by atoms with Crippen LogP contribution in [0.5, 0.6) is 0 Å². The number of hydrogen-bond acceptors (Lipinski definition) is 3. The summed E-state index contributed by atoms with van der Waals surface area (Å²) in [6, 6.07) is 20.4. The second kappa shape index (κ2) is 6.69. The molecule has 2 heterocycles. The molecular formula is C21H18N4. The Morgan fingerprint density at radius 3 is 2.12 bits per heavy atom. The summed E-state index contributed by atoms with van der Waals surface area (Å²) in [4.78, 5) is 13.6. The average Bonchev–Trinajstić information content (AvgIpc) is 3.04. The molecule has 4 nitrogen and oxygen atoms in total. The van der Waals surface area contributed by atoms with Crippen molar-refractivity contribution >= 4 is 0 Å². The van der Waals surface area contributed by atoms with Crippen molar-refractivity contribution in [1.29, 1.82) is 0 Å². The molecule has 0 fully saturated rings. The van der Waals surface area contributed by atoms with E-state index in [1.54, 1.807) is 0 Å². The number of hydrogen-bond donors (Lipinski definition) is 0. The van der Waals surface area contributed by atoms with Crippen LogP contribution in [0.25, 0.3) is 22.6 Å². The third-order valence-corrected chi connectivity index (χ3v) is 4.15. The lowest BCUT2D eigenvalue weighted by atomic mass is 10.2. The van der Waals surface area contributed by atoms with Gasteiger partial charge < -0.3 is 4.57 Å². The van der Waals surface area contributed by atoms with Crippen molar-refractivity contribution in [2.24, 2.45) is 0 Å². The third kappa shape index (κ3) is 3.33. The van der Waals surface area contributed by atoms with Crippen LogP contribution in [0, 0.1) is 6.92 Å².